The number of benzene rings is 1. The first-order valence-corrected chi connectivity index (χ1v) is 9.14. The van der Waals surface area contributed by atoms with Crippen molar-refractivity contribution in [2.45, 2.75) is 47.5 Å². The van der Waals surface area contributed by atoms with E-state index < -0.39 is 0 Å². The van der Waals surface area contributed by atoms with Crippen molar-refractivity contribution in [2.75, 3.05) is 13.1 Å². The van der Waals surface area contributed by atoms with E-state index >= 15 is 0 Å². The maximum atomic E-state index is 4.81. The SMILES string of the molecule is CCNCCCc1cc(C)nc2c(-c3c(C)cc(C)cc3C)cnn12. The minimum Gasteiger partial charge on any atom is -0.317 e. The van der Waals surface area contributed by atoms with Crippen LogP contribution in [0.2, 0.25) is 0 Å². The molecule has 4 heteroatoms. The second-order valence-corrected chi connectivity index (χ2v) is 6.91. The van der Waals surface area contributed by atoms with Gasteiger partial charge in [0.1, 0.15) is 0 Å². The van der Waals surface area contributed by atoms with Gasteiger partial charge in [0.2, 0.25) is 0 Å². The fourth-order valence-corrected chi connectivity index (χ4v) is 3.69. The smallest absolute Gasteiger partial charge is 0.163 e. The van der Waals surface area contributed by atoms with Gasteiger partial charge in [0, 0.05) is 17.0 Å². The molecule has 0 atom stereocenters. The molecule has 3 rings (SSSR count). The molecular weight excluding hydrogens is 308 g/mol. The van der Waals surface area contributed by atoms with E-state index in [2.05, 4.69) is 63.2 Å². The minimum atomic E-state index is 0.966. The Hall–Kier alpha value is -2.20. The third-order valence-electron chi connectivity index (χ3n) is 4.66. The van der Waals surface area contributed by atoms with Gasteiger partial charge >= 0.3 is 0 Å². The number of nitrogens with one attached hydrogen (secondary N) is 1. The highest BCUT2D eigenvalue weighted by Gasteiger charge is 2.15. The van der Waals surface area contributed by atoms with E-state index in [9.17, 15) is 0 Å². The Labute approximate surface area is 150 Å². The minimum absolute atomic E-state index is 0.966. The molecule has 0 amide bonds. The molecule has 0 spiro atoms. The Balaban J connectivity index is 2.06. The number of aromatic nitrogens is 3. The summed E-state index contributed by atoms with van der Waals surface area (Å²) < 4.78 is 2.02. The first kappa shape index (κ1) is 17.6. The van der Waals surface area contributed by atoms with Crippen LogP contribution >= 0.6 is 0 Å². The lowest BCUT2D eigenvalue weighted by atomic mass is 9.95. The van der Waals surface area contributed by atoms with Crippen molar-refractivity contribution in [1.82, 2.24) is 19.9 Å². The standard InChI is InChI=1S/C21H28N4/c1-6-22-9-7-8-18-12-17(5)24-21-19(13-23-25(18)21)20-15(3)10-14(2)11-16(20)4/h10-13,22H,6-9H2,1-5H3. The van der Waals surface area contributed by atoms with Crippen LogP contribution in [0, 0.1) is 27.7 Å². The molecule has 0 saturated heterocycles. The van der Waals surface area contributed by atoms with Gasteiger partial charge in [-0.1, -0.05) is 24.6 Å². The van der Waals surface area contributed by atoms with E-state index in [-0.39, 0.29) is 0 Å². The van der Waals surface area contributed by atoms with Gasteiger partial charge in [-0.3, -0.25) is 0 Å². The van der Waals surface area contributed by atoms with Gasteiger partial charge < -0.3 is 5.32 Å². The quantitative estimate of drug-likeness (QED) is 0.687. The van der Waals surface area contributed by atoms with Gasteiger partial charge in [-0.2, -0.15) is 5.10 Å². The van der Waals surface area contributed by atoms with Crippen LogP contribution in [0.25, 0.3) is 16.8 Å². The molecule has 4 nitrogen and oxygen atoms in total. The molecule has 132 valence electrons. The Morgan fingerprint density at radius 2 is 1.76 bits per heavy atom. The molecule has 0 aliphatic carbocycles. The lowest BCUT2D eigenvalue weighted by molar-refractivity contribution is 0.656. The Morgan fingerprint density at radius 1 is 1.04 bits per heavy atom. The van der Waals surface area contributed by atoms with E-state index in [1.54, 1.807) is 0 Å². The monoisotopic (exact) mass is 336 g/mol. The van der Waals surface area contributed by atoms with Crippen molar-refractivity contribution in [3.05, 3.63) is 52.5 Å². The number of aryl methyl sites for hydroxylation is 5. The average molecular weight is 336 g/mol. The summed E-state index contributed by atoms with van der Waals surface area (Å²) in [4.78, 5) is 4.81. The summed E-state index contributed by atoms with van der Waals surface area (Å²) in [5, 5.41) is 8.06. The fourth-order valence-electron chi connectivity index (χ4n) is 3.69. The third-order valence-corrected chi connectivity index (χ3v) is 4.66. The van der Waals surface area contributed by atoms with Crippen molar-refractivity contribution in [3.8, 4) is 11.1 Å². The summed E-state index contributed by atoms with van der Waals surface area (Å²) >= 11 is 0. The molecule has 0 aliphatic heterocycles. The Morgan fingerprint density at radius 3 is 2.44 bits per heavy atom. The van der Waals surface area contributed by atoms with Crippen molar-refractivity contribution >= 4 is 5.65 Å². The van der Waals surface area contributed by atoms with E-state index in [0.29, 0.717) is 0 Å². The average Bonchev–Trinajstić information content (AvgIpc) is 2.94. The van der Waals surface area contributed by atoms with E-state index in [0.717, 1.165) is 42.8 Å². The Bertz CT molecular complexity index is 869. The molecule has 0 aliphatic rings. The van der Waals surface area contributed by atoms with E-state index in [1.807, 2.05) is 10.7 Å². The highest BCUT2D eigenvalue weighted by molar-refractivity contribution is 5.81. The topological polar surface area (TPSA) is 42.2 Å². The molecule has 0 unspecified atom stereocenters. The largest absolute Gasteiger partial charge is 0.317 e. The van der Waals surface area contributed by atoms with Crippen molar-refractivity contribution in [3.63, 3.8) is 0 Å². The van der Waals surface area contributed by atoms with Gasteiger partial charge in [0.15, 0.2) is 5.65 Å². The summed E-state index contributed by atoms with van der Waals surface area (Å²) in [6.07, 6.45) is 4.07. The van der Waals surface area contributed by atoms with Crippen molar-refractivity contribution < 1.29 is 0 Å². The normalized spacial score (nSPS) is 11.4. The number of nitrogens with zero attached hydrogens (tertiary/aromatic N) is 3. The zero-order valence-electron chi connectivity index (χ0n) is 16.0. The van der Waals surface area contributed by atoms with Crippen molar-refractivity contribution in [2.24, 2.45) is 0 Å². The van der Waals surface area contributed by atoms with Crippen LogP contribution in [0.1, 0.15) is 41.4 Å². The molecule has 1 aromatic carbocycles. The van der Waals surface area contributed by atoms with Crippen LogP contribution in [-0.2, 0) is 6.42 Å². The summed E-state index contributed by atoms with van der Waals surface area (Å²) in [6, 6.07) is 6.63. The molecule has 25 heavy (non-hydrogen) atoms. The zero-order valence-corrected chi connectivity index (χ0v) is 16.0. The van der Waals surface area contributed by atoms with Crippen LogP contribution < -0.4 is 5.32 Å². The third kappa shape index (κ3) is 3.59. The molecule has 0 bridgehead atoms. The maximum absolute atomic E-state index is 4.81. The van der Waals surface area contributed by atoms with Gasteiger partial charge in [0.25, 0.3) is 0 Å². The summed E-state index contributed by atoms with van der Waals surface area (Å²) in [5.41, 5.74) is 9.50. The molecule has 0 fully saturated rings. The second-order valence-electron chi connectivity index (χ2n) is 6.91. The summed E-state index contributed by atoms with van der Waals surface area (Å²) in [7, 11) is 0. The van der Waals surface area contributed by atoms with Crippen LogP contribution in [0.4, 0.5) is 0 Å². The van der Waals surface area contributed by atoms with E-state index in [4.69, 9.17) is 4.98 Å². The number of rotatable bonds is 6. The molecule has 2 aromatic heterocycles. The summed E-state index contributed by atoms with van der Waals surface area (Å²) in [6.45, 7) is 12.7. The van der Waals surface area contributed by atoms with Gasteiger partial charge in [-0.05, 0) is 76.4 Å². The summed E-state index contributed by atoms with van der Waals surface area (Å²) in [5.74, 6) is 0. The van der Waals surface area contributed by atoms with Crippen LogP contribution in [0.3, 0.4) is 0 Å². The first-order chi connectivity index (χ1) is 12.0. The number of hydrogen-bond donors (Lipinski definition) is 1. The predicted molar refractivity (Wildman–Crippen MR) is 104 cm³/mol. The molecule has 2 heterocycles. The van der Waals surface area contributed by atoms with Gasteiger partial charge in [-0.15, -0.1) is 0 Å². The molecule has 1 N–H and O–H groups in total. The second kappa shape index (κ2) is 7.36. The molecule has 3 aromatic rings. The fraction of sp³-hybridized carbons (Fsp3) is 0.429. The van der Waals surface area contributed by atoms with E-state index in [1.165, 1.54) is 27.9 Å². The van der Waals surface area contributed by atoms with Crippen LogP contribution in [-0.4, -0.2) is 27.7 Å². The van der Waals surface area contributed by atoms with Crippen LogP contribution in [0.5, 0.6) is 0 Å². The highest BCUT2D eigenvalue weighted by atomic mass is 15.3. The lowest BCUT2D eigenvalue weighted by Crippen LogP contribution is -2.15. The van der Waals surface area contributed by atoms with Gasteiger partial charge in [0.05, 0.1) is 6.20 Å². The number of hydrogen-bond acceptors (Lipinski definition) is 3. The van der Waals surface area contributed by atoms with Gasteiger partial charge in [-0.25, -0.2) is 9.50 Å². The molecule has 0 saturated carbocycles. The Kier molecular flexibility index (Phi) is 5.19. The zero-order chi connectivity index (χ0) is 18.0. The maximum Gasteiger partial charge on any atom is 0.163 e. The lowest BCUT2D eigenvalue weighted by Gasteiger charge is -2.11. The number of fused-ring (bicyclic) bond motifs is 1. The predicted octanol–water partition coefficient (Wildman–Crippen LogP) is 4.17. The highest BCUT2D eigenvalue weighted by Crippen LogP contribution is 2.31. The van der Waals surface area contributed by atoms with Crippen molar-refractivity contribution in [1.29, 1.82) is 0 Å². The first-order valence-electron chi connectivity index (χ1n) is 9.14. The van der Waals surface area contributed by atoms with Crippen LogP contribution in [0.15, 0.2) is 24.4 Å². The molecule has 0 radical (unpaired) electrons. The molecular formula is C21H28N4.